The molecule has 1 saturated heterocycles. The van der Waals surface area contributed by atoms with Gasteiger partial charge in [-0.15, -0.1) is 11.3 Å². The van der Waals surface area contributed by atoms with Crippen molar-refractivity contribution in [2.24, 2.45) is 0 Å². The minimum Gasteiger partial charge on any atom is -0.416 e. The third-order valence-electron chi connectivity index (χ3n) is 7.27. The molecule has 6 rings (SSSR count). The lowest BCUT2D eigenvalue weighted by Gasteiger charge is -2.31. The maximum absolute atomic E-state index is 11.4. The van der Waals surface area contributed by atoms with E-state index in [9.17, 15) is 9.59 Å². The van der Waals surface area contributed by atoms with E-state index in [0.717, 1.165) is 74.6 Å². The van der Waals surface area contributed by atoms with Crippen LogP contribution in [0.2, 0.25) is 0 Å². The Kier molecular flexibility index (Phi) is 9.33. The highest BCUT2D eigenvalue weighted by Gasteiger charge is 2.31. The van der Waals surface area contributed by atoms with Crippen LogP contribution in [0.5, 0.6) is 5.06 Å². The first-order valence-corrected chi connectivity index (χ1v) is 15.2. The lowest BCUT2D eigenvalue weighted by molar-refractivity contribution is -0.131. The number of carbonyl (C=O) groups excluding carboxylic acids is 2. The van der Waals surface area contributed by atoms with Gasteiger partial charge in [-0.05, 0) is 47.2 Å². The monoisotopic (exact) mass is 582 g/mol. The average molecular weight is 583 g/mol. The van der Waals surface area contributed by atoms with E-state index in [4.69, 9.17) is 17.9 Å². The number of fused-ring (bicyclic) bond motifs is 2. The number of esters is 1. The molecule has 1 fully saturated rings. The molecule has 9 heteroatoms. The first-order valence-electron chi connectivity index (χ1n) is 13.5. The van der Waals surface area contributed by atoms with Crippen molar-refractivity contribution in [1.29, 1.82) is 0 Å². The molecular formula is C32H30N4O3S2. The molecule has 1 aromatic heterocycles. The van der Waals surface area contributed by atoms with Crippen LogP contribution < -0.4 is 4.74 Å². The Balaban J connectivity index is 0.000000166. The maximum Gasteiger partial charge on any atom is 0.308 e. The SMILES string of the molecule is [C-]#[N+]c1ccccc1CN1CCC2SC(=O)C=C2C1.[C-]#[N+]c1ccccc1CN1CCc2sc(OC(C)=O)cc2C1. The highest BCUT2D eigenvalue weighted by atomic mass is 32.2. The molecule has 208 valence electrons. The molecule has 1 atom stereocenters. The second-order valence-corrected chi connectivity index (χ2v) is 12.5. The second kappa shape index (κ2) is 13.3. The van der Waals surface area contributed by atoms with Gasteiger partial charge < -0.3 is 4.74 Å². The van der Waals surface area contributed by atoms with Crippen LogP contribution in [-0.2, 0) is 35.6 Å². The first kappa shape index (κ1) is 28.8. The van der Waals surface area contributed by atoms with E-state index < -0.39 is 0 Å². The molecular weight excluding hydrogens is 553 g/mol. The number of nitrogens with zero attached hydrogens (tertiary/aromatic N) is 4. The van der Waals surface area contributed by atoms with Gasteiger partial charge in [0.2, 0.25) is 5.12 Å². The van der Waals surface area contributed by atoms with Crippen molar-refractivity contribution in [3.05, 3.63) is 111 Å². The number of rotatable bonds is 5. The summed E-state index contributed by atoms with van der Waals surface area (Å²) in [6, 6.07) is 17.5. The molecule has 0 saturated carbocycles. The zero-order chi connectivity index (χ0) is 28.8. The topological polar surface area (TPSA) is 58.6 Å². The van der Waals surface area contributed by atoms with Crippen molar-refractivity contribution < 1.29 is 14.3 Å². The van der Waals surface area contributed by atoms with Gasteiger partial charge in [-0.3, -0.25) is 19.4 Å². The van der Waals surface area contributed by atoms with E-state index in [-0.39, 0.29) is 11.1 Å². The number of para-hydroxylation sites is 2. The number of ether oxygens (including phenoxy) is 1. The van der Waals surface area contributed by atoms with Crippen LogP contribution >= 0.6 is 23.1 Å². The molecule has 3 aromatic rings. The number of piperidine rings is 1. The summed E-state index contributed by atoms with van der Waals surface area (Å²) in [6.07, 6.45) is 3.78. The predicted molar refractivity (Wildman–Crippen MR) is 163 cm³/mol. The molecule has 3 aliphatic rings. The first-order chi connectivity index (χ1) is 19.9. The van der Waals surface area contributed by atoms with Crippen LogP contribution in [0.1, 0.15) is 34.9 Å². The third kappa shape index (κ3) is 7.32. The van der Waals surface area contributed by atoms with Crippen LogP contribution in [0.25, 0.3) is 9.69 Å². The van der Waals surface area contributed by atoms with Gasteiger partial charge in [-0.2, -0.15) is 0 Å². The van der Waals surface area contributed by atoms with Gasteiger partial charge in [0.25, 0.3) is 0 Å². The Morgan fingerprint density at radius 3 is 2.24 bits per heavy atom. The van der Waals surface area contributed by atoms with Gasteiger partial charge in [0.15, 0.2) is 16.4 Å². The molecule has 7 nitrogen and oxygen atoms in total. The zero-order valence-corrected chi connectivity index (χ0v) is 24.5. The van der Waals surface area contributed by atoms with Crippen molar-refractivity contribution >= 4 is 45.6 Å². The van der Waals surface area contributed by atoms with Crippen LogP contribution in [-0.4, -0.2) is 45.8 Å². The van der Waals surface area contributed by atoms with Gasteiger partial charge in [0, 0.05) is 56.3 Å². The summed E-state index contributed by atoms with van der Waals surface area (Å²) >= 11 is 3.02. The van der Waals surface area contributed by atoms with Gasteiger partial charge in [0.05, 0.1) is 13.1 Å². The Hall–Kier alpha value is -3.73. The molecule has 0 spiro atoms. The molecule has 0 amide bonds. The Morgan fingerprint density at radius 2 is 1.61 bits per heavy atom. The number of thioether (sulfide) groups is 1. The summed E-state index contributed by atoms with van der Waals surface area (Å²) in [5.41, 5.74) is 6.08. The number of benzene rings is 2. The standard InChI is InChI=1S/C17H16N2O2S.C15H14N2OS/c1-12(20)21-17-9-14-11-19(8-7-16(14)22-17)10-13-5-3-4-6-15(13)18-2;1-16-13-5-3-2-4-11(13)9-17-7-6-14-12(10-17)8-15(18)19-14/h3-6,9H,7-8,10-11H2,1H3;2-5,8,14H,6-7,9-10H2. The lowest BCUT2D eigenvalue weighted by atomic mass is 10.0. The fraction of sp³-hybridized carbons (Fsp3) is 0.312. The fourth-order valence-corrected chi connectivity index (χ4v) is 7.41. The number of hydrogen-bond acceptors (Lipinski definition) is 7. The van der Waals surface area contributed by atoms with Crippen molar-refractivity contribution in [3.63, 3.8) is 0 Å². The summed E-state index contributed by atoms with van der Waals surface area (Å²) in [4.78, 5) is 35.6. The highest BCUT2D eigenvalue weighted by Crippen LogP contribution is 2.36. The number of carbonyl (C=O) groups is 2. The largest absolute Gasteiger partial charge is 0.416 e. The molecule has 2 aromatic carbocycles. The summed E-state index contributed by atoms with van der Waals surface area (Å²) < 4.78 is 5.18. The molecule has 0 N–H and O–H groups in total. The number of hydrogen-bond donors (Lipinski definition) is 0. The van der Waals surface area contributed by atoms with Gasteiger partial charge in [-0.25, -0.2) is 9.69 Å². The van der Waals surface area contributed by atoms with E-state index >= 15 is 0 Å². The molecule has 0 aliphatic carbocycles. The molecule has 0 radical (unpaired) electrons. The Morgan fingerprint density at radius 1 is 0.976 bits per heavy atom. The minimum absolute atomic E-state index is 0.198. The highest BCUT2D eigenvalue weighted by molar-refractivity contribution is 8.15. The van der Waals surface area contributed by atoms with E-state index in [1.54, 1.807) is 17.4 Å². The average Bonchev–Trinajstić information content (AvgIpc) is 3.54. The predicted octanol–water partition coefficient (Wildman–Crippen LogP) is 6.79. The van der Waals surface area contributed by atoms with E-state index in [1.807, 2.05) is 54.6 Å². The quantitative estimate of drug-likeness (QED) is 0.244. The Labute approximate surface area is 249 Å². The minimum atomic E-state index is -0.276. The van der Waals surface area contributed by atoms with Crippen molar-refractivity contribution in [3.8, 4) is 5.06 Å². The van der Waals surface area contributed by atoms with Gasteiger partial charge >= 0.3 is 5.97 Å². The van der Waals surface area contributed by atoms with Crippen LogP contribution in [0.4, 0.5) is 11.4 Å². The fourth-order valence-electron chi connectivity index (χ4n) is 5.34. The molecule has 1 unspecified atom stereocenters. The number of thiophene rings is 1. The van der Waals surface area contributed by atoms with E-state index in [2.05, 4.69) is 19.5 Å². The van der Waals surface area contributed by atoms with Gasteiger partial charge in [0.1, 0.15) is 0 Å². The zero-order valence-electron chi connectivity index (χ0n) is 22.8. The van der Waals surface area contributed by atoms with Crippen molar-refractivity contribution in [2.75, 3.05) is 19.6 Å². The molecule has 3 aliphatic heterocycles. The van der Waals surface area contributed by atoms with Crippen molar-refractivity contribution in [2.45, 2.75) is 44.6 Å². The summed E-state index contributed by atoms with van der Waals surface area (Å²) in [5, 5.41) is 1.28. The summed E-state index contributed by atoms with van der Waals surface area (Å²) in [6.45, 7) is 21.1. The molecule has 0 bridgehead atoms. The van der Waals surface area contributed by atoms with Crippen LogP contribution in [0.3, 0.4) is 0 Å². The maximum atomic E-state index is 11.4. The smallest absolute Gasteiger partial charge is 0.308 e. The summed E-state index contributed by atoms with van der Waals surface area (Å²) in [5.74, 6) is -0.276. The number of likely N-dealkylation sites (tertiary alicyclic amines) is 1. The lowest BCUT2D eigenvalue weighted by Crippen LogP contribution is -2.35. The summed E-state index contributed by atoms with van der Waals surface area (Å²) in [7, 11) is 0. The van der Waals surface area contributed by atoms with Gasteiger partial charge in [-0.1, -0.05) is 60.3 Å². The molecule has 4 heterocycles. The van der Waals surface area contributed by atoms with E-state index in [1.165, 1.54) is 34.7 Å². The van der Waals surface area contributed by atoms with Crippen LogP contribution in [0, 0.1) is 13.1 Å². The van der Waals surface area contributed by atoms with E-state index in [0.29, 0.717) is 10.3 Å². The van der Waals surface area contributed by atoms with Crippen LogP contribution in [0.15, 0.2) is 66.2 Å². The second-order valence-electron chi connectivity index (χ2n) is 10.2. The normalized spacial score (nSPS) is 18.2. The Bertz CT molecular complexity index is 1570. The van der Waals surface area contributed by atoms with Crippen molar-refractivity contribution in [1.82, 2.24) is 9.80 Å². The molecule has 41 heavy (non-hydrogen) atoms. The third-order valence-corrected chi connectivity index (χ3v) is 9.56.